The Kier molecular flexibility index (Phi) is 6.64. The Morgan fingerprint density at radius 3 is 2.43 bits per heavy atom. The van der Waals surface area contributed by atoms with Gasteiger partial charge in [-0.2, -0.15) is 5.10 Å². The van der Waals surface area contributed by atoms with E-state index in [1.54, 1.807) is 11.8 Å². The molecule has 0 bridgehead atoms. The number of hydrogen-bond donors (Lipinski definition) is 1. The molecule has 1 aromatic rings. The number of methoxy groups -OCH3 is 1. The Morgan fingerprint density at radius 1 is 1.38 bits per heavy atom. The van der Waals surface area contributed by atoms with Crippen molar-refractivity contribution in [1.29, 1.82) is 0 Å². The Morgan fingerprint density at radius 2 is 2.00 bits per heavy atom. The fourth-order valence-corrected chi connectivity index (χ4v) is 3.17. The monoisotopic (exact) mass is 297 g/mol. The van der Waals surface area contributed by atoms with Gasteiger partial charge in [-0.05, 0) is 34.5 Å². The minimum absolute atomic E-state index is 0.119. The zero-order valence-electron chi connectivity index (χ0n) is 14.6. The predicted octanol–water partition coefficient (Wildman–Crippen LogP) is 1.01. The van der Waals surface area contributed by atoms with Gasteiger partial charge in [0.05, 0.1) is 24.4 Å². The van der Waals surface area contributed by atoms with Gasteiger partial charge in [-0.25, -0.2) is 4.68 Å². The van der Waals surface area contributed by atoms with E-state index in [0.29, 0.717) is 12.6 Å². The summed E-state index contributed by atoms with van der Waals surface area (Å²) in [5.41, 5.74) is 8.20. The van der Waals surface area contributed by atoms with Crippen LogP contribution in [0.1, 0.15) is 31.1 Å². The third-order valence-electron chi connectivity index (χ3n) is 3.92. The fourth-order valence-electron chi connectivity index (χ4n) is 3.17. The number of aromatic nitrogens is 2. The van der Waals surface area contributed by atoms with Crippen LogP contribution in [0.2, 0.25) is 0 Å². The highest BCUT2D eigenvalue weighted by atomic mass is 16.5. The van der Waals surface area contributed by atoms with Crippen LogP contribution in [0.5, 0.6) is 5.88 Å². The predicted molar refractivity (Wildman–Crippen MR) is 86.7 cm³/mol. The topological polar surface area (TPSA) is 59.5 Å². The first-order chi connectivity index (χ1) is 9.87. The molecular weight excluding hydrogens is 266 g/mol. The summed E-state index contributed by atoms with van der Waals surface area (Å²) in [5, 5.41) is 4.49. The summed E-state index contributed by atoms with van der Waals surface area (Å²) in [5.74, 6) is 0.804. The zero-order chi connectivity index (χ0) is 16.2. The van der Waals surface area contributed by atoms with Gasteiger partial charge < -0.3 is 15.4 Å². The molecule has 0 aromatic carbocycles. The van der Waals surface area contributed by atoms with Gasteiger partial charge in [0, 0.05) is 26.2 Å². The molecule has 0 radical (unpaired) electrons. The quantitative estimate of drug-likeness (QED) is 0.776. The van der Waals surface area contributed by atoms with Crippen molar-refractivity contribution in [2.45, 2.75) is 32.9 Å². The van der Waals surface area contributed by atoms with Crippen molar-refractivity contribution in [3.05, 3.63) is 11.3 Å². The molecule has 0 spiro atoms. The first-order valence-electron chi connectivity index (χ1n) is 7.55. The third-order valence-corrected chi connectivity index (χ3v) is 3.92. The summed E-state index contributed by atoms with van der Waals surface area (Å²) in [6, 6.07) is 0.525. The average molecular weight is 297 g/mol. The molecule has 0 aliphatic heterocycles. The van der Waals surface area contributed by atoms with Gasteiger partial charge in [0.1, 0.15) is 0 Å². The Balaban J connectivity index is 3.16. The van der Waals surface area contributed by atoms with Gasteiger partial charge in [-0.3, -0.25) is 4.90 Å². The van der Waals surface area contributed by atoms with Gasteiger partial charge >= 0.3 is 0 Å². The van der Waals surface area contributed by atoms with Crippen LogP contribution in [0.4, 0.5) is 0 Å². The zero-order valence-corrected chi connectivity index (χ0v) is 14.6. The molecule has 1 aromatic heterocycles. The average Bonchev–Trinajstić information content (AvgIpc) is 2.68. The third kappa shape index (κ3) is 3.96. The molecule has 2 N–H and O–H groups in total. The van der Waals surface area contributed by atoms with E-state index in [9.17, 15) is 0 Å². The van der Waals surface area contributed by atoms with Crippen LogP contribution < -0.4 is 10.5 Å². The number of hydrogen-bond acceptors (Lipinski definition) is 5. The van der Waals surface area contributed by atoms with Crippen molar-refractivity contribution in [3.8, 4) is 5.88 Å². The van der Waals surface area contributed by atoms with E-state index >= 15 is 0 Å². The van der Waals surface area contributed by atoms with Gasteiger partial charge in [-0.1, -0.05) is 6.92 Å². The maximum atomic E-state index is 6.10. The summed E-state index contributed by atoms with van der Waals surface area (Å²) in [7, 11) is 7.78. The second-order valence-corrected chi connectivity index (χ2v) is 5.83. The highest BCUT2D eigenvalue weighted by molar-refractivity contribution is 5.34. The van der Waals surface area contributed by atoms with Gasteiger partial charge in [0.25, 0.3) is 0 Å². The maximum Gasteiger partial charge on any atom is 0.216 e. The summed E-state index contributed by atoms with van der Waals surface area (Å²) in [6.07, 6.45) is 0. The van der Waals surface area contributed by atoms with E-state index in [1.165, 1.54) is 0 Å². The maximum absolute atomic E-state index is 6.10. The number of aryl methyl sites for hydroxylation is 2. The van der Waals surface area contributed by atoms with E-state index in [1.807, 2.05) is 14.0 Å². The molecule has 1 rings (SSSR count). The van der Waals surface area contributed by atoms with Gasteiger partial charge in [-0.15, -0.1) is 0 Å². The van der Waals surface area contributed by atoms with Crippen LogP contribution in [0.3, 0.4) is 0 Å². The normalized spacial score (nSPS) is 14.8. The number of ether oxygens (including phenoxy) is 1. The van der Waals surface area contributed by atoms with Crippen LogP contribution in [0, 0.1) is 6.92 Å². The Labute approximate surface area is 128 Å². The lowest BCUT2D eigenvalue weighted by Crippen LogP contribution is -2.44. The molecule has 0 saturated carbocycles. The van der Waals surface area contributed by atoms with E-state index in [4.69, 9.17) is 10.5 Å². The van der Waals surface area contributed by atoms with Gasteiger partial charge in [0.2, 0.25) is 5.88 Å². The van der Waals surface area contributed by atoms with Crippen molar-refractivity contribution >= 4 is 0 Å². The molecule has 0 amide bonds. The van der Waals surface area contributed by atoms with Crippen molar-refractivity contribution in [1.82, 2.24) is 19.6 Å². The molecule has 122 valence electrons. The standard InChI is InChI=1S/C15H31N5O/c1-8-20(11(2)10-18(4)5)13(9-16)14-12(3)17-19(6)15(14)21-7/h11,13H,8-10,16H2,1-7H3. The van der Waals surface area contributed by atoms with Crippen LogP contribution in [-0.2, 0) is 7.05 Å². The number of nitrogens with two attached hydrogens (primary N) is 1. The van der Waals surface area contributed by atoms with E-state index < -0.39 is 0 Å². The molecule has 0 aliphatic carbocycles. The molecule has 0 saturated heterocycles. The lowest BCUT2D eigenvalue weighted by molar-refractivity contribution is 0.128. The Hall–Kier alpha value is -1.11. The summed E-state index contributed by atoms with van der Waals surface area (Å²) in [6.45, 7) is 8.91. The molecule has 2 atom stereocenters. The highest BCUT2D eigenvalue weighted by Gasteiger charge is 2.29. The van der Waals surface area contributed by atoms with Crippen molar-refractivity contribution in [2.24, 2.45) is 12.8 Å². The lowest BCUT2D eigenvalue weighted by Gasteiger charge is -2.36. The van der Waals surface area contributed by atoms with Crippen LogP contribution in [-0.4, -0.2) is 66.5 Å². The van der Waals surface area contributed by atoms with Crippen molar-refractivity contribution in [3.63, 3.8) is 0 Å². The number of likely N-dealkylation sites (N-methyl/N-ethyl adjacent to an activating group) is 2. The largest absolute Gasteiger partial charge is 0.481 e. The highest BCUT2D eigenvalue weighted by Crippen LogP contribution is 2.32. The molecule has 2 unspecified atom stereocenters. The minimum Gasteiger partial charge on any atom is -0.481 e. The second kappa shape index (κ2) is 7.77. The Bertz CT molecular complexity index is 444. The van der Waals surface area contributed by atoms with E-state index in [2.05, 4.69) is 42.8 Å². The first-order valence-corrected chi connectivity index (χ1v) is 7.55. The van der Waals surface area contributed by atoms with Crippen molar-refractivity contribution < 1.29 is 4.74 Å². The first kappa shape index (κ1) is 17.9. The number of rotatable bonds is 8. The smallest absolute Gasteiger partial charge is 0.216 e. The van der Waals surface area contributed by atoms with Crippen LogP contribution >= 0.6 is 0 Å². The SMILES string of the molecule is CCN(C(C)CN(C)C)C(CN)c1c(C)nn(C)c1OC. The summed E-state index contributed by atoms with van der Waals surface area (Å²) >= 11 is 0. The summed E-state index contributed by atoms with van der Waals surface area (Å²) in [4.78, 5) is 4.63. The molecule has 0 aliphatic rings. The fraction of sp³-hybridized carbons (Fsp3) is 0.800. The van der Waals surface area contributed by atoms with Crippen LogP contribution in [0.15, 0.2) is 0 Å². The summed E-state index contributed by atoms with van der Waals surface area (Å²) < 4.78 is 7.33. The molecule has 6 heteroatoms. The minimum atomic E-state index is 0.119. The molecule has 0 fully saturated rings. The molecule has 6 nitrogen and oxygen atoms in total. The molecule has 1 heterocycles. The lowest BCUT2D eigenvalue weighted by atomic mass is 10.0. The molecule has 21 heavy (non-hydrogen) atoms. The molecular formula is C15H31N5O. The van der Waals surface area contributed by atoms with E-state index in [-0.39, 0.29) is 6.04 Å². The second-order valence-electron chi connectivity index (χ2n) is 5.83. The number of nitrogens with zero attached hydrogens (tertiary/aromatic N) is 4. The van der Waals surface area contributed by atoms with Crippen LogP contribution in [0.25, 0.3) is 0 Å². The van der Waals surface area contributed by atoms with Crippen molar-refractivity contribution in [2.75, 3.05) is 40.8 Å². The van der Waals surface area contributed by atoms with Gasteiger partial charge in [0.15, 0.2) is 0 Å². The van der Waals surface area contributed by atoms with E-state index in [0.717, 1.165) is 30.2 Å².